The predicted octanol–water partition coefficient (Wildman–Crippen LogP) is 3.80. The van der Waals surface area contributed by atoms with E-state index in [4.69, 9.17) is 4.74 Å². The van der Waals surface area contributed by atoms with Crippen LogP contribution in [-0.2, 0) is 4.74 Å². The van der Waals surface area contributed by atoms with Crippen molar-refractivity contribution in [3.8, 4) is 0 Å². The molecule has 0 aliphatic carbocycles. The van der Waals surface area contributed by atoms with E-state index in [2.05, 4.69) is 44.3 Å². The molecule has 0 bridgehead atoms. The summed E-state index contributed by atoms with van der Waals surface area (Å²) in [4.78, 5) is 1.38. The summed E-state index contributed by atoms with van der Waals surface area (Å²) in [6, 6.07) is 7.35. The van der Waals surface area contributed by atoms with Gasteiger partial charge in [-0.3, -0.25) is 0 Å². The Morgan fingerprint density at radius 1 is 1.35 bits per heavy atom. The smallest absolute Gasteiger partial charge is 0.0510 e. The van der Waals surface area contributed by atoms with Gasteiger partial charge in [-0.05, 0) is 56.5 Å². The average Bonchev–Trinajstić information content (AvgIpc) is 2.97. The first-order valence-electron chi connectivity index (χ1n) is 7.72. The third-order valence-corrected chi connectivity index (χ3v) is 5.21. The zero-order chi connectivity index (χ0) is 14.4. The van der Waals surface area contributed by atoms with E-state index in [1.165, 1.54) is 28.9 Å². The average molecular weight is 293 g/mol. The summed E-state index contributed by atoms with van der Waals surface area (Å²) in [5.74, 6) is 1.82. The van der Waals surface area contributed by atoms with Gasteiger partial charge in [0, 0.05) is 29.2 Å². The summed E-state index contributed by atoms with van der Waals surface area (Å²) < 4.78 is 5.56. The fourth-order valence-corrected chi connectivity index (χ4v) is 3.74. The Morgan fingerprint density at radius 2 is 2.20 bits per heavy atom. The van der Waals surface area contributed by atoms with Crippen molar-refractivity contribution >= 4 is 11.8 Å². The zero-order valence-electron chi connectivity index (χ0n) is 12.9. The molecule has 112 valence electrons. The van der Waals surface area contributed by atoms with Gasteiger partial charge < -0.3 is 10.1 Å². The van der Waals surface area contributed by atoms with E-state index >= 15 is 0 Å². The van der Waals surface area contributed by atoms with Gasteiger partial charge in [0.2, 0.25) is 0 Å². The van der Waals surface area contributed by atoms with Crippen LogP contribution in [0.5, 0.6) is 0 Å². The van der Waals surface area contributed by atoms with Crippen LogP contribution in [0.4, 0.5) is 0 Å². The summed E-state index contributed by atoms with van der Waals surface area (Å²) in [6.07, 6.45) is 2.40. The molecule has 1 saturated heterocycles. The first-order valence-corrected chi connectivity index (χ1v) is 8.70. The van der Waals surface area contributed by atoms with Crippen molar-refractivity contribution in [2.24, 2.45) is 5.92 Å². The minimum Gasteiger partial charge on any atom is -0.381 e. The molecule has 1 aromatic rings. The van der Waals surface area contributed by atoms with E-state index in [0.717, 1.165) is 25.5 Å². The van der Waals surface area contributed by atoms with Gasteiger partial charge >= 0.3 is 0 Å². The maximum atomic E-state index is 5.56. The number of ether oxygens (including phenoxy) is 1. The Morgan fingerprint density at radius 3 is 2.85 bits per heavy atom. The Hall–Kier alpha value is -0.510. The van der Waals surface area contributed by atoms with Crippen LogP contribution in [0, 0.1) is 19.8 Å². The molecule has 2 unspecified atom stereocenters. The van der Waals surface area contributed by atoms with Crippen molar-refractivity contribution in [3.05, 3.63) is 29.3 Å². The number of rotatable bonds is 7. The van der Waals surface area contributed by atoms with Gasteiger partial charge in [-0.25, -0.2) is 0 Å². The Kier molecular flexibility index (Phi) is 6.40. The number of hydrogen-bond donors (Lipinski definition) is 1. The highest BCUT2D eigenvalue weighted by atomic mass is 32.2. The lowest BCUT2D eigenvalue weighted by Gasteiger charge is -2.23. The zero-order valence-corrected chi connectivity index (χ0v) is 13.8. The van der Waals surface area contributed by atoms with Crippen molar-refractivity contribution in [1.82, 2.24) is 5.32 Å². The van der Waals surface area contributed by atoms with Crippen LogP contribution in [0.3, 0.4) is 0 Å². The van der Waals surface area contributed by atoms with Crippen molar-refractivity contribution < 1.29 is 4.74 Å². The van der Waals surface area contributed by atoms with E-state index in [9.17, 15) is 0 Å². The topological polar surface area (TPSA) is 21.3 Å². The van der Waals surface area contributed by atoms with Gasteiger partial charge in [0.15, 0.2) is 0 Å². The monoisotopic (exact) mass is 293 g/mol. The van der Waals surface area contributed by atoms with Crippen molar-refractivity contribution in [3.63, 3.8) is 0 Å². The Bertz CT molecular complexity index is 415. The second-order valence-electron chi connectivity index (χ2n) is 5.74. The third kappa shape index (κ3) is 4.51. The fourth-order valence-electron chi connectivity index (χ4n) is 2.55. The summed E-state index contributed by atoms with van der Waals surface area (Å²) in [7, 11) is 0. The maximum Gasteiger partial charge on any atom is 0.0510 e. The molecule has 3 heteroatoms. The normalized spacial score (nSPS) is 20.2. The molecule has 1 aliphatic rings. The fraction of sp³-hybridized carbons (Fsp3) is 0.647. The van der Waals surface area contributed by atoms with E-state index < -0.39 is 0 Å². The van der Waals surface area contributed by atoms with Crippen molar-refractivity contribution in [1.29, 1.82) is 0 Å². The summed E-state index contributed by atoms with van der Waals surface area (Å²) in [5.41, 5.74) is 2.76. The van der Waals surface area contributed by atoms with Crippen LogP contribution >= 0.6 is 11.8 Å². The lowest BCUT2D eigenvalue weighted by atomic mass is 10.0. The van der Waals surface area contributed by atoms with Crippen molar-refractivity contribution in [2.45, 2.75) is 44.6 Å². The second kappa shape index (κ2) is 8.06. The lowest BCUT2D eigenvalue weighted by Crippen LogP contribution is -2.39. The number of aryl methyl sites for hydroxylation is 2. The standard InChI is InChI=1S/C17H27NOS/c1-4-8-18-17(15-7-9-19-11-15)12-20-16-6-5-13(2)14(3)10-16/h5-6,10,15,17-18H,4,7-9,11-12H2,1-3H3. The lowest BCUT2D eigenvalue weighted by molar-refractivity contribution is 0.179. The van der Waals surface area contributed by atoms with Gasteiger partial charge in [0.05, 0.1) is 6.61 Å². The minimum absolute atomic E-state index is 0.573. The van der Waals surface area contributed by atoms with E-state index in [1.54, 1.807) is 0 Å². The van der Waals surface area contributed by atoms with E-state index in [0.29, 0.717) is 12.0 Å². The summed E-state index contributed by atoms with van der Waals surface area (Å²) in [5, 5.41) is 3.71. The van der Waals surface area contributed by atoms with E-state index in [1.807, 2.05) is 11.8 Å². The summed E-state index contributed by atoms with van der Waals surface area (Å²) in [6.45, 7) is 9.56. The van der Waals surface area contributed by atoms with Crippen LogP contribution in [0.25, 0.3) is 0 Å². The van der Waals surface area contributed by atoms with Gasteiger partial charge in [-0.1, -0.05) is 13.0 Å². The minimum atomic E-state index is 0.573. The highest BCUT2D eigenvalue weighted by Gasteiger charge is 2.25. The molecule has 0 saturated carbocycles. The molecule has 2 atom stereocenters. The molecule has 0 aromatic heterocycles. The predicted molar refractivity (Wildman–Crippen MR) is 87.6 cm³/mol. The molecule has 0 amide bonds. The maximum absolute atomic E-state index is 5.56. The molecule has 1 heterocycles. The van der Waals surface area contributed by atoms with E-state index in [-0.39, 0.29) is 0 Å². The molecule has 2 nitrogen and oxygen atoms in total. The number of hydrogen-bond acceptors (Lipinski definition) is 3. The molecule has 0 spiro atoms. The highest BCUT2D eigenvalue weighted by molar-refractivity contribution is 7.99. The third-order valence-electron chi connectivity index (χ3n) is 4.10. The quantitative estimate of drug-likeness (QED) is 0.773. The van der Waals surface area contributed by atoms with Crippen LogP contribution < -0.4 is 5.32 Å². The number of nitrogens with one attached hydrogen (secondary N) is 1. The molecule has 2 rings (SSSR count). The molecule has 20 heavy (non-hydrogen) atoms. The first-order chi connectivity index (χ1) is 9.70. The number of benzene rings is 1. The van der Waals surface area contributed by atoms with Gasteiger partial charge in [-0.2, -0.15) is 0 Å². The van der Waals surface area contributed by atoms with Gasteiger partial charge in [0.1, 0.15) is 0 Å². The van der Waals surface area contributed by atoms with Gasteiger partial charge in [0.25, 0.3) is 0 Å². The van der Waals surface area contributed by atoms with Crippen LogP contribution in [0.2, 0.25) is 0 Å². The molecular weight excluding hydrogens is 266 g/mol. The van der Waals surface area contributed by atoms with Gasteiger partial charge in [-0.15, -0.1) is 11.8 Å². The summed E-state index contributed by atoms with van der Waals surface area (Å²) >= 11 is 1.97. The van der Waals surface area contributed by atoms with Crippen LogP contribution in [0.15, 0.2) is 23.1 Å². The Balaban J connectivity index is 1.91. The molecule has 1 N–H and O–H groups in total. The Labute approximate surface area is 127 Å². The van der Waals surface area contributed by atoms with Crippen molar-refractivity contribution in [2.75, 3.05) is 25.5 Å². The second-order valence-corrected chi connectivity index (χ2v) is 6.83. The van der Waals surface area contributed by atoms with Crippen LogP contribution in [0.1, 0.15) is 30.9 Å². The molecular formula is C17H27NOS. The molecule has 1 aliphatic heterocycles. The van der Waals surface area contributed by atoms with Crippen LogP contribution in [-0.4, -0.2) is 31.6 Å². The number of thioether (sulfide) groups is 1. The molecule has 0 radical (unpaired) electrons. The SMILES string of the molecule is CCCNC(CSc1ccc(C)c(C)c1)C1CCOC1. The molecule has 1 aromatic carbocycles. The first kappa shape index (κ1) is 15.9. The largest absolute Gasteiger partial charge is 0.381 e. The molecule has 1 fully saturated rings. The highest BCUT2D eigenvalue weighted by Crippen LogP contribution is 2.26.